The lowest BCUT2D eigenvalue weighted by molar-refractivity contribution is 1.14. The quantitative estimate of drug-likeness (QED) is 0.840. The molecule has 2 rings (SSSR count). The minimum Gasteiger partial charge on any atom is -0.399 e. The molecule has 0 saturated heterocycles. The monoisotopic (exact) mass is 290 g/mol. The molecule has 0 aromatic heterocycles. The number of rotatable bonds is 3. The molecule has 0 aliphatic carbocycles. The Bertz CT molecular complexity index is 523. The first kappa shape index (κ1) is 12.0. The largest absolute Gasteiger partial charge is 0.399 e. The number of hydrogen-bond donors (Lipinski definition) is 2. The van der Waals surface area contributed by atoms with E-state index in [-0.39, 0.29) is 0 Å². The van der Waals surface area contributed by atoms with Crippen molar-refractivity contribution < 1.29 is 0 Å². The van der Waals surface area contributed by atoms with Crippen molar-refractivity contribution in [3.05, 3.63) is 58.1 Å². The van der Waals surface area contributed by atoms with E-state index in [1.165, 1.54) is 5.56 Å². The maximum atomic E-state index is 5.78. The SMILES string of the molecule is Cc1cc(NCc2ccccc2Br)ccc1N. The van der Waals surface area contributed by atoms with Gasteiger partial charge in [-0.2, -0.15) is 0 Å². The Morgan fingerprint density at radius 3 is 2.65 bits per heavy atom. The standard InChI is InChI=1S/C14H15BrN2/c1-10-8-12(6-7-14(10)16)17-9-11-4-2-3-5-13(11)15/h2-8,17H,9,16H2,1H3. The summed E-state index contributed by atoms with van der Waals surface area (Å²) in [6, 6.07) is 14.2. The second-order valence-corrected chi connectivity index (χ2v) is 4.87. The fourth-order valence-corrected chi connectivity index (χ4v) is 2.05. The first-order valence-corrected chi connectivity index (χ1v) is 6.29. The summed E-state index contributed by atoms with van der Waals surface area (Å²) in [6.07, 6.45) is 0. The van der Waals surface area contributed by atoms with Crippen molar-refractivity contribution in [2.75, 3.05) is 11.1 Å². The van der Waals surface area contributed by atoms with Gasteiger partial charge in [0.15, 0.2) is 0 Å². The van der Waals surface area contributed by atoms with E-state index in [9.17, 15) is 0 Å². The van der Waals surface area contributed by atoms with E-state index in [0.717, 1.165) is 28.0 Å². The van der Waals surface area contributed by atoms with Crippen molar-refractivity contribution in [2.45, 2.75) is 13.5 Å². The van der Waals surface area contributed by atoms with Gasteiger partial charge >= 0.3 is 0 Å². The van der Waals surface area contributed by atoms with Crippen LogP contribution in [0.2, 0.25) is 0 Å². The molecule has 17 heavy (non-hydrogen) atoms. The highest BCUT2D eigenvalue weighted by Gasteiger charge is 1.99. The molecule has 0 unspecified atom stereocenters. The van der Waals surface area contributed by atoms with Crippen LogP contribution in [0.5, 0.6) is 0 Å². The van der Waals surface area contributed by atoms with E-state index in [1.807, 2.05) is 37.3 Å². The minimum atomic E-state index is 0.796. The van der Waals surface area contributed by atoms with Crippen LogP contribution in [-0.2, 0) is 6.54 Å². The van der Waals surface area contributed by atoms with E-state index < -0.39 is 0 Å². The molecule has 0 atom stereocenters. The highest BCUT2D eigenvalue weighted by atomic mass is 79.9. The molecule has 0 heterocycles. The molecule has 0 spiro atoms. The van der Waals surface area contributed by atoms with Gasteiger partial charge in [0.2, 0.25) is 0 Å². The van der Waals surface area contributed by atoms with Crippen LogP contribution in [0.3, 0.4) is 0 Å². The average molecular weight is 291 g/mol. The van der Waals surface area contributed by atoms with Crippen molar-refractivity contribution >= 4 is 27.3 Å². The predicted octanol–water partition coefficient (Wildman–Crippen LogP) is 3.95. The van der Waals surface area contributed by atoms with Crippen molar-refractivity contribution in [1.82, 2.24) is 0 Å². The first-order valence-electron chi connectivity index (χ1n) is 5.50. The lowest BCUT2D eigenvalue weighted by Gasteiger charge is -2.09. The third-order valence-corrected chi connectivity index (χ3v) is 3.48. The fourth-order valence-electron chi connectivity index (χ4n) is 1.62. The van der Waals surface area contributed by atoms with Gasteiger partial charge in [0.1, 0.15) is 0 Å². The molecule has 0 bridgehead atoms. The second-order valence-electron chi connectivity index (χ2n) is 4.02. The van der Waals surface area contributed by atoms with E-state index in [1.54, 1.807) is 0 Å². The predicted molar refractivity (Wildman–Crippen MR) is 77.1 cm³/mol. The number of nitrogens with two attached hydrogens (primary N) is 1. The molecule has 0 radical (unpaired) electrons. The number of nitrogen functional groups attached to an aromatic ring is 1. The van der Waals surface area contributed by atoms with Gasteiger partial charge in [0.05, 0.1) is 0 Å². The van der Waals surface area contributed by atoms with Crippen molar-refractivity contribution in [2.24, 2.45) is 0 Å². The maximum Gasteiger partial charge on any atom is 0.0411 e. The van der Waals surface area contributed by atoms with Crippen LogP contribution in [0, 0.1) is 6.92 Å². The number of hydrogen-bond acceptors (Lipinski definition) is 2. The first-order chi connectivity index (χ1) is 8.16. The van der Waals surface area contributed by atoms with Crippen LogP contribution in [-0.4, -0.2) is 0 Å². The molecule has 3 heteroatoms. The van der Waals surface area contributed by atoms with Crippen LogP contribution in [0.1, 0.15) is 11.1 Å². The van der Waals surface area contributed by atoms with E-state index in [2.05, 4.69) is 33.4 Å². The Balaban J connectivity index is 2.08. The summed E-state index contributed by atoms with van der Waals surface area (Å²) < 4.78 is 1.12. The Morgan fingerprint density at radius 2 is 1.94 bits per heavy atom. The third-order valence-electron chi connectivity index (χ3n) is 2.71. The molecule has 2 nitrogen and oxygen atoms in total. The van der Waals surface area contributed by atoms with Gasteiger partial charge in [-0.25, -0.2) is 0 Å². The molecule has 0 amide bonds. The smallest absolute Gasteiger partial charge is 0.0411 e. The fraction of sp³-hybridized carbons (Fsp3) is 0.143. The van der Waals surface area contributed by atoms with Gasteiger partial charge in [-0.15, -0.1) is 0 Å². The molecule has 0 saturated carbocycles. The molecule has 0 aliphatic heterocycles. The number of benzene rings is 2. The third kappa shape index (κ3) is 3.01. The Kier molecular flexibility index (Phi) is 3.69. The van der Waals surface area contributed by atoms with Crippen LogP contribution >= 0.6 is 15.9 Å². The van der Waals surface area contributed by atoms with Crippen LogP contribution in [0.4, 0.5) is 11.4 Å². The average Bonchev–Trinajstić information content (AvgIpc) is 2.32. The summed E-state index contributed by atoms with van der Waals surface area (Å²) in [5.74, 6) is 0. The van der Waals surface area contributed by atoms with Gasteiger partial charge in [0.25, 0.3) is 0 Å². The molecule has 2 aromatic carbocycles. The van der Waals surface area contributed by atoms with Crippen molar-refractivity contribution in [1.29, 1.82) is 0 Å². The molecule has 2 aromatic rings. The van der Waals surface area contributed by atoms with E-state index >= 15 is 0 Å². The van der Waals surface area contributed by atoms with Crippen molar-refractivity contribution in [3.63, 3.8) is 0 Å². The number of nitrogens with one attached hydrogen (secondary N) is 1. The van der Waals surface area contributed by atoms with E-state index in [0.29, 0.717) is 0 Å². The zero-order valence-corrected chi connectivity index (χ0v) is 11.3. The molecule has 88 valence electrons. The van der Waals surface area contributed by atoms with Crippen LogP contribution < -0.4 is 11.1 Å². The molecular formula is C14H15BrN2. The number of anilines is 2. The maximum absolute atomic E-state index is 5.78. The topological polar surface area (TPSA) is 38.0 Å². The second kappa shape index (κ2) is 5.23. The molecule has 0 fully saturated rings. The van der Waals surface area contributed by atoms with Crippen LogP contribution in [0.25, 0.3) is 0 Å². The Labute approximate surface area is 110 Å². The highest BCUT2D eigenvalue weighted by molar-refractivity contribution is 9.10. The summed E-state index contributed by atoms with van der Waals surface area (Å²) in [6.45, 7) is 2.81. The zero-order valence-electron chi connectivity index (χ0n) is 9.70. The number of halogens is 1. The summed E-state index contributed by atoms with van der Waals surface area (Å²) in [4.78, 5) is 0. The van der Waals surface area contributed by atoms with Crippen LogP contribution in [0.15, 0.2) is 46.9 Å². The summed E-state index contributed by atoms with van der Waals surface area (Å²) >= 11 is 3.54. The molecule has 0 aliphatic rings. The van der Waals surface area contributed by atoms with Gasteiger partial charge in [0, 0.05) is 22.4 Å². The van der Waals surface area contributed by atoms with Gasteiger partial charge in [-0.1, -0.05) is 34.1 Å². The van der Waals surface area contributed by atoms with Gasteiger partial charge in [-0.05, 0) is 42.3 Å². The highest BCUT2D eigenvalue weighted by Crippen LogP contribution is 2.20. The van der Waals surface area contributed by atoms with Gasteiger partial charge < -0.3 is 11.1 Å². The van der Waals surface area contributed by atoms with E-state index in [4.69, 9.17) is 5.73 Å². The Hall–Kier alpha value is -1.48. The lowest BCUT2D eigenvalue weighted by atomic mass is 10.1. The Morgan fingerprint density at radius 1 is 1.18 bits per heavy atom. The van der Waals surface area contributed by atoms with Gasteiger partial charge in [-0.3, -0.25) is 0 Å². The summed E-state index contributed by atoms with van der Waals surface area (Å²) in [5.41, 5.74) is 10.0. The normalized spacial score (nSPS) is 10.2. The summed E-state index contributed by atoms with van der Waals surface area (Å²) in [5, 5.41) is 3.38. The summed E-state index contributed by atoms with van der Waals surface area (Å²) in [7, 11) is 0. The van der Waals surface area contributed by atoms with Crippen molar-refractivity contribution in [3.8, 4) is 0 Å². The molecular weight excluding hydrogens is 276 g/mol. The minimum absolute atomic E-state index is 0.796. The molecule has 3 N–H and O–H groups in total. The zero-order chi connectivity index (χ0) is 12.3. The lowest BCUT2D eigenvalue weighted by Crippen LogP contribution is -2.01. The number of aryl methyl sites for hydroxylation is 1.